The third-order valence-corrected chi connectivity index (χ3v) is 7.33. The Morgan fingerprint density at radius 2 is 1.27 bits per heavy atom. The van der Waals surface area contributed by atoms with E-state index >= 15 is 0 Å². The molecule has 0 spiro atoms. The number of halogens is 3. The van der Waals surface area contributed by atoms with Gasteiger partial charge in [-0.1, -0.05) is 138 Å². The summed E-state index contributed by atoms with van der Waals surface area (Å²) in [6, 6.07) is 4.38. The number of alkyl halides is 3. The molecular formula is C25H41Cl3N2O2S. The van der Waals surface area contributed by atoms with Crippen molar-refractivity contribution >= 4 is 52.4 Å². The molecule has 190 valence electrons. The first-order chi connectivity index (χ1) is 15.9. The summed E-state index contributed by atoms with van der Waals surface area (Å²) in [6.45, 7) is 3.12. The van der Waals surface area contributed by atoms with Gasteiger partial charge in [0.2, 0.25) is 3.79 Å². The summed E-state index contributed by atoms with van der Waals surface area (Å²) < 4.78 is 1.58. The van der Waals surface area contributed by atoms with E-state index in [4.69, 9.17) is 34.8 Å². The molecule has 4 nitrogen and oxygen atoms in total. The Kier molecular flexibility index (Phi) is 17.8. The largest absolute Gasteiger partial charge is 0.269 e. The number of nitro groups is 1. The van der Waals surface area contributed by atoms with E-state index in [1.165, 1.54) is 120 Å². The van der Waals surface area contributed by atoms with E-state index in [0.29, 0.717) is 10.5 Å². The fraction of sp³-hybridized carbons (Fsp3) is 0.760. The normalized spacial score (nSPS) is 11.8. The lowest BCUT2D eigenvalue weighted by atomic mass is 10.0. The molecule has 0 radical (unpaired) electrons. The molecule has 8 heteroatoms. The molecule has 1 aromatic carbocycles. The van der Waals surface area contributed by atoms with E-state index in [0.717, 1.165) is 13.0 Å². The Morgan fingerprint density at radius 1 is 0.818 bits per heavy atom. The zero-order chi connectivity index (χ0) is 24.4. The van der Waals surface area contributed by atoms with Crippen LogP contribution in [0, 0.1) is 10.1 Å². The fourth-order valence-electron chi connectivity index (χ4n) is 3.82. The molecule has 33 heavy (non-hydrogen) atoms. The van der Waals surface area contributed by atoms with Gasteiger partial charge in [0.05, 0.1) is 4.92 Å². The quantitative estimate of drug-likeness (QED) is 0.0588. The molecule has 0 aliphatic heterocycles. The lowest BCUT2D eigenvalue weighted by Gasteiger charge is -2.16. The molecule has 1 aromatic rings. The predicted molar refractivity (Wildman–Crippen MR) is 146 cm³/mol. The predicted octanol–water partition coefficient (Wildman–Crippen LogP) is 10.3. The lowest BCUT2D eigenvalue weighted by molar-refractivity contribution is -0.385. The van der Waals surface area contributed by atoms with E-state index in [1.807, 2.05) is 0 Å². The second-order valence-corrected chi connectivity index (χ2v) is 11.9. The van der Waals surface area contributed by atoms with Crippen LogP contribution in [0.25, 0.3) is 0 Å². The Morgan fingerprint density at radius 3 is 1.70 bits per heavy atom. The van der Waals surface area contributed by atoms with Gasteiger partial charge in [-0.2, -0.15) is 0 Å². The van der Waals surface area contributed by atoms with Gasteiger partial charge in [-0.25, -0.2) is 0 Å². The molecule has 1 N–H and O–H groups in total. The summed E-state index contributed by atoms with van der Waals surface area (Å²) in [4.78, 5) is 11.2. The zero-order valence-corrected chi connectivity index (χ0v) is 23.1. The minimum Gasteiger partial charge on any atom is -0.260 e. The van der Waals surface area contributed by atoms with Gasteiger partial charge in [0.25, 0.3) is 5.69 Å². The number of nitro benzene ring substituents is 1. The zero-order valence-electron chi connectivity index (χ0n) is 20.1. The second kappa shape index (κ2) is 19.0. The van der Waals surface area contributed by atoms with Crippen LogP contribution < -0.4 is 4.72 Å². The van der Waals surface area contributed by atoms with Crippen molar-refractivity contribution in [3.05, 3.63) is 33.9 Å². The summed E-state index contributed by atoms with van der Waals surface area (Å²) in [5.74, 6) is 0. The van der Waals surface area contributed by atoms with Gasteiger partial charge in [-0.15, -0.1) is 0 Å². The lowest BCUT2D eigenvalue weighted by Crippen LogP contribution is -2.09. The van der Waals surface area contributed by atoms with Gasteiger partial charge < -0.3 is 0 Å². The molecule has 1 rings (SSSR count). The number of nitrogens with one attached hydrogen (secondary N) is 1. The van der Waals surface area contributed by atoms with Crippen molar-refractivity contribution in [2.45, 2.75) is 118 Å². The number of nitrogens with zero attached hydrogens (tertiary/aromatic N) is 1. The molecule has 0 saturated carbocycles. The molecule has 0 heterocycles. The maximum Gasteiger partial charge on any atom is 0.269 e. The highest BCUT2D eigenvalue weighted by atomic mass is 35.6. The standard InChI is InChI=1S/C25H41Cl3N2O2S/c1-2-3-4-5-6-7-8-9-10-11-12-13-14-15-16-17-20-29-33-24-19-18-22(30(31)32)21-23(24)25(26,27)28/h18-19,21,29H,2-17,20H2,1H3. The van der Waals surface area contributed by atoms with Crippen molar-refractivity contribution < 1.29 is 4.92 Å². The topological polar surface area (TPSA) is 55.2 Å². The molecule has 0 saturated heterocycles. The molecule has 0 atom stereocenters. The van der Waals surface area contributed by atoms with Crippen molar-refractivity contribution in [1.82, 2.24) is 4.72 Å². The summed E-state index contributed by atoms with van der Waals surface area (Å²) >= 11 is 19.3. The second-order valence-electron chi connectivity index (χ2n) is 8.74. The minimum atomic E-state index is -1.70. The Bertz CT molecular complexity index is 657. The Balaban J connectivity index is 2.00. The summed E-state index contributed by atoms with van der Waals surface area (Å²) in [5.41, 5.74) is 0.240. The summed E-state index contributed by atoms with van der Waals surface area (Å²) in [5, 5.41) is 11.0. The number of benzene rings is 1. The van der Waals surface area contributed by atoms with Crippen LogP contribution in [0.5, 0.6) is 0 Å². The SMILES string of the molecule is CCCCCCCCCCCCCCCCCCNSc1ccc([N+](=O)[O-])cc1C(Cl)(Cl)Cl. The van der Waals surface area contributed by atoms with Crippen molar-refractivity contribution in [3.63, 3.8) is 0 Å². The smallest absolute Gasteiger partial charge is 0.260 e. The third kappa shape index (κ3) is 15.4. The van der Waals surface area contributed by atoms with E-state index < -0.39 is 8.72 Å². The number of hydrogen-bond acceptors (Lipinski definition) is 4. The van der Waals surface area contributed by atoms with E-state index in [9.17, 15) is 10.1 Å². The Hall–Kier alpha value is -0.200. The Labute approximate surface area is 220 Å². The molecule has 0 bridgehead atoms. The van der Waals surface area contributed by atoms with Gasteiger partial charge in [-0.05, 0) is 24.4 Å². The number of unbranched alkanes of at least 4 members (excludes halogenated alkanes) is 15. The first kappa shape index (κ1) is 30.8. The minimum absolute atomic E-state index is 0.0847. The summed E-state index contributed by atoms with van der Waals surface area (Å²) in [7, 11) is 0. The number of hydrogen-bond donors (Lipinski definition) is 1. The van der Waals surface area contributed by atoms with Gasteiger partial charge in [0.1, 0.15) is 0 Å². The highest BCUT2D eigenvalue weighted by Crippen LogP contribution is 2.43. The van der Waals surface area contributed by atoms with Gasteiger partial charge >= 0.3 is 0 Å². The van der Waals surface area contributed by atoms with Crippen molar-refractivity contribution in [2.75, 3.05) is 6.54 Å². The van der Waals surface area contributed by atoms with Crippen molar-refractivity contribution in [1.29, 1.82) is 0 Å². The number of rotatable bonds is 20. The van der Waals surface area contributed by atoms with E-state index in [2.05, 4.69) is 11.6 Å². The van der Waals surface area contributed by atoms with Crippen LogP contribution in [0.2, 0.25) is 0 Å². The average Bonchev–Trinajstić information content (AvgIpc) is 2.77. The molecule has 0 aliphatic rings. The van der Waals surface area contributed by atoms with E-state index in [-0.39, 0.29) is 5.69 Å². The fourth-order valence-corrected chi connectivity index (χ4v) is 5.31. The van der Waals surface area contributed by atoms with Crippen LogP contribution in [0.1, 0.15) is 115 Å². The monoisotopic (exact) mass is 538 g/mol. The third-order valence-electron chi connectivity index (χ3n) is 5.79. The number of non-ortho nitro benzene ring substituents is 1. The highest BCUT2D eigenvalue weighted by Gasteiger charge is 2.28. The van der Waals surface area contributed by atoms with Crippen molar-refractivity contribution in [3.8, 4) is 0 Å². The molecule has 0 unspecified atom stereocenters. The van der Waals surface area contributed by atoms with Gasteiger partial charge in [0.15, 0.2) is 0 Å². The van der Waals surface area contributed by atoms with Crippen LogP contribution in [-0.2, 0) is 3.79 Å². The molecule has 0 amide bonds. The maximum absolute atomic E-state index is 11.0. The molecule has 0 fully saturated rings. The van der Waals surface area contributed by atoms with Crippen LogP contribution in [0.4, 0.5) is 5.69 Å². The van der Waals surface area contributed by atoms with Gasteiger partial charge in [-0.3, -0.25) is 14.8 Å². The molecule has 0 aliphatic carbocycles. The van der Waals surface area contributed by atoms with Crippen LogP contribution in [0.15, 0.2) is 23.1 Å². The molecular weight excluding hydrogens is 499 g/mol. The van der Waals surface area contributed by atoms with Crippen LogP contribution >= 0.6 is 46.8 Å². The highest BCUT2D eigenvalue weighted by molar-refractivity contribution is 7.97. The first-order valence-corrected chi connectivity index (χ1v) is 14.6. The first-order valence-electron chi connectivity index (χ1n) is 12.6. The van der Waals surface area contributed by atoms with Crippen LogP contribution in [-0.4, -0.2) is 11.5 Å². The average molecular weight is 540 g/mol. The maximum atomic E-state index is 11.0. The summed E-state index contributed by atoms with van der Waals surface area (Å²) in [6.07, 6.45) is 21.6. The van der Waals surface area contributed by atoms with Crippen molar-refractivity contribution in [2.24, 2.45) is 0 Å². The molecule has 0 aromatic heterocycles. The van der Waals surface area contributed by atoms with Gasteiger partial charge in [0, 0.05) is 29.1 Å². The van der Waals surface area contributed by atoms with Crippen LogP contribution in [0.3, 0.4) is 0 Å². The van der Waals surface area contributed by atoms with E-state index in [1.54, 1.807) is 6.07 Å².